The predicted octanol–water partition coefficient (Wildman–Crippen LogP) is 1.73. The third kappa shape index (κ3) is 2.66. The van der Waals surface area contributed by atoms with Gasteiger partial charge in [-0.05, 0) is 28.1 Å². The van der Waals surface area contributed by atoms with Gasteiger partial charge in [0.2, 0.25) is 5.95 Å². The molecule has 0 unspecified atom stereocenters. The summed E-state index contributed by atoms with van der Waals surface area (Å²) < 4.78 is 1.46. The number of phenols is 1. The van der Waals surface area contributed by atoms with Gasteiger partial charge in [0.05, 0.1) is 10.6 Å². The van der Waals surface area contributed by atoms with E-state index >= 15 is 0 Å². The number of aromatic amines is 1. The number of rotatable bonds is 3. The standard InChI is InChI=1S/C18H12N8O4/c27-12-6-2-4-10(8-12)16-13-14(9-3-1-5-11(7-9)26(29)30)20-21-17(28)15(13)19-18-22-23-24-25(16)18/h1-8,16,27H,(H,21,28)(H,19,22,24)/t16-/m0/s1. The molecule has 2 aromatic heterocycles. The highest BCUT2D eigenvalue weighted by Crippen LogP contribution is 2.41. The van der Waals surface area contributed by atoms with Crippen LogP contribution in [0.25, 0.3) is 11.3 Å². The molecule has 0 bridgehead atoms. The third-order valence-corrected chi connectivity index (χ3v) is 4.78. The summed E-state index contributed by atoms with van der Waals surface area (Å²) in [5, 5.41) is 42.3. The second-order valence-electron chi connectivity index (χ2n) is 6.57. The lowest BCUT2D eigenvalue weighted by molar-refractivity contribution is -0.384. The number of nitrogens with zero attached hydrogens (tertiary/aromatic N) is 6. The van der Waals surface area contributed by atoms with Crippen molar-refractivity contribution in [1.29, 1.82) is 0 Å². The van der Waals surface area contributed by atoms with E-state index in [-0.39, 0.29) is 23.1 Å². The molecule has 0 saturated carbocycles. The molecule has 3 heterocycles. The van der Waals surface area contributed by atoms with E-state index in [0.717, 1.165) is 0 Å². The summed E-state index contributed by atoms with van der Waals surface area (Å²) in [4.78, 5) is 23.3. The number of nitro groups is 1. The Balaban J connectivity index is 1.82. The van der Waals surface area contributed by atoms with Gasteiger partial charge < -0.3 is 10.4 Å². The van der Waals surface area contributed by atoms with Crippen molar-refractivity contribution in [3.05, 3.63) is 80.1 Å². The number of hydrogen-bond donors (Lipinski definition) is 3. The van der Waals surface area contributed by atoms with Crippen molar-refractivity contribution in [1.82, 2.24) is 30.4 Å². The molecular weight excluding hydrogens is 392 g/mol. The number of anilines is 2. The summed E-state index contributed by atoms with van der Waals surface area (Å²) in [6.07, 6.45) is 0. The van der Waals surface area contributed by atoms with Gasteiger partial charge in [0.25, 0.3) is 11.2 Å². The molecule has 12 nitrogen and oxygen atoms in total. The molecule has 1 aliphatic rings. The van der Waals surface area contributed by atoms with Crippen molar-refractivity contribution in [3.63, 3.8) is 0 Å². The summed E-state index contributed by atoms with van der Waals surface area (Å²) in [7, 11) is 0. The van der Waals surface area contributed by atoms with Crippen LogP contribution in [0.3, 0.4) is 0 Å². The summed E-state index contributed by atoms with van der Waals surface area (Å²) in [5.41, 5.74) is 1.32. The van der Waals surface area contributed by atoms with Crippen LogP contribution in [0.4, 0.5) is 17.3 Å². The second kappa shape index (κ2) is 6.48. The highest BCUT2D eigenvalue weighted by molar-refractivity contribution is 5.76. The van der Waals surface area contributed by atoms with Gasteiger partial charge in [-0.2, -0.15) is 9.78 Å². The fourth-order valence-corrected chi connectivity index (χ4v) is 3.53. The highest BCUT2D eigenvalue weighted by Gasteiger charge is 2.34. The monoisotopic (exact) mass is 404 g/mol. The van der Waals surface area contributed by atoms with Crippen molar-refractivity contribution < 1.29 is 10.0 Å². The van der Waals surface area contributed by atoms with Crippen molar-refractivity contribution in [2.45, 2.75) is 6.04 Å². The van der Waals surface area contributed by atoms with Crippen molar-refractivity contribution in [2.75, 3.05) is 5.32 Å². The smallest absolute Gasteiger partial charge is 0.288 e. The van der Waals surface area contributed by atoms with Gasteiger partial charge in [0.1, 0.15) is 17.5 Å². The maximum Gasteiger partial charge on any atom is 0.288 e. The van der Waals surface area contributed by atoms with Gasteiger partial charge >= 0.3 is 0 Å². The fraction of sp³-hybridized carbons (Fsp3) is 0.0556. The summed E-state index contributed by atoms with van der Waals surface area (Å²) >= 11 is 0. The Morgan fingerprint density at radius 1 is 1.17 bits per heavy atom. The maximum atomic E-state index is 12.6. The van der Waals surface area contributed by atoms with Crippen LogP contribution in [-0.4, -0.2) is 40.4 Å². The van der Waals surface area contributed by atoms with Crippen molar-refractivity contribution >= 4 is 17.3 Å². The first kappa shape index (κ1) is 17.5. The first-order chi connectivity index (χ1) is 14.5. The van der Waals surface area contributed by atoms with E-state index in [2.05, 4.69) is 31.0 Å². The number of nitro benzene ring substituents is 1. The molecule has 0 aliphatic carbocycles. The molecule has 1 aliphatic heterocycles. The lowest BCUT2D eigenvalue weighted by atomic mass is 9.92. The Morgan fingerprint density at radius 3 is 2.80 bits per heavy atom. The number of phenolic OH excluding ortho intramolecular Hbond substituents is 1. The number of benzene rings is 2. The van der Waals surface area contributed by atoms with Crippen molar-refractivity contribution in [2.24, 2.45) is 0 Å². The second-order valence-corrected chi connectivity index (χ2v) is 6.57. The minimum atomic E-state index is -0.706. The molecule has 30 heavy (non-hydrogen) atoms. The SMILES string of the molecule is O=c1[nH]nc(-c2cccc([N+](=O)[O-])c2)c2c1Nc1nnnn1[C@H]2c1cccc(O)c1. The number of H-pyrrole nitrogens is 1. The van der Waals surface area contributed by atoms with Crippen LogP contribution in [0.5, 0.6) is 5.75 Å². The molecular formula is C18H12N8O4. The van der Waals surface area contributed by atoms with E-state index < -0.39 is 16.5 Å². The van der Waals surface area contributed by atoms with E-state index in [1.807, 2.05) is 0 Å². The number of non-ortho nitro benzene ring substituents is 1. The lowest BCUT2D eigenvalue weighted by Crippen LogP contribution is -2.29. The zero-order valence-electron chi connectivity index (χ0n) is 15.1. The molecule has 148 valence electrons. The Hall–Kier alpha value is -4.61. The largest absolute Gasteiger partial charge is 0.508 e. The Labute approximate surface area is 167 Å². The molecule has 2 aromatic carbocycles. The fourth-order valence-electron chi connectivity index (χ4n) is 3.53. The van der Waals surface area contributed by atoms with E-state index in [1.165, 1.54) is 35.0 Å². The first-order valence-corrected chi connectivity index (χ1v) is 8.74. The van der Waals surface area contributed by atoms with Crippen LogP contribution in [0.15, 0.2) is 53.3 Å². The zero-order chi connectivity index (χ0) is 20.8. The summed E-state index contributed by atoms with van der Waals surface area (Å²) in [6.45, 7) is 0. The molecule has 3 N–H and O–H groups in total. The maximum absolute atomic E-state index is 12.6. The quantitative estimate of drug-likeness (QED) is 0.300. The van der Waals surface area contributed by atoms with Crippen LogP contribution in [-0.2, 0) is 0 Å². The van der Waals surface area contributed by atoms with Gasteiger partial charge in [0, 0.05) is 23.3 Å². The lowest BCUT2D eigenvalue weighted by Gasteiger charge is -2.27. The van der Waals surface area contributed by atoms with Gasteiger partial charge in [0.15, 0.2) is 0 Å². The summed E-state index contributed by atoms with van der Waals surface area (Å²) in [6, 6.07) is 11.7. The zero-order valence-corrected chi connectivity index (χ0v) is 15.1. The average Bonchev–Trinajstić information content (AvgIpc) is 3.21. The topological polar surface area (TPSA) is 165 Å². The molecule has 5 rings (SSSR count). The van der Waals surface area contributed by atoms with Gasteiger partial charge in [-0.25, -0.2) is 5.10 Å². The number of tetrazole rings is 1. The molecule has 12 heteroatoms. The highest BCUT2D eigenvalue weighted by atomic mass is 16.6. The minimum absolute atomic E-state index is 0.0249. The van der Waals surface area contributed by atoms with Crippen LogP contribution < -0.4 is 10.9 Å². The van der Waals surface area contributed by atoms with Crippen molar-refractivity contribution in [3.8, 4) is 17.0 Å². The molecule has 0 amide bonds. The van der Waals surface area contributed by atoms with E-state index in [9.17, 15) is 20.0 Å². The number of hydrogen-bond acceptors (Lipinski definition) is 9. The van der Waals surface area contributed by atoms with Gasteiger partial charge in [-0.3, -0.25) is 14.9 Å². The Bertz CT molecular complexity index is 1360. The number of fused-ring (bicyclic) bond motifs is 2. The van der Waals surface area contributed by atoms with Gasteiger partial charge in [-0.15, -0.1) is 0 Å². The summed E-state index contributed by atoms with van der Waals surface area (Å²) in [5.74, 6) is 0.259. The molecule has 0 saturated heterocycles. The number of aromatic nitrogens is 6. The normalized spacial score (nSPS) is 14.5. The minimum Gasteiger partial charge on any atom is -0.508 e. The van der Waals surface area contributed by atoms with Crippen LogP contribution in [0, 0.1) is 10.1 Å². The van der Waals surface area contributed by atoms with E-state index in [0.29, 0.717) is 22.4 Å². The average molecular weight is 404 g/mol. The molecule has 0 spiro atoms. The molecule has 4 aromatic rings. The predicted molar refractivity (Wildman–Crippen MR) is 103 cm³/mol. The Morgan fingerprint density at radius 2 is 2.00 bits per heavy atom. The van der Waals surface area contributed by atoms with Gasteiger partial charge in [-0.1, -0.05) is 29.4 Å². The molecule has 0 fully saturated rings. The van der Waals surface area contributed by atoms with Crippen LogP contribution >= 0.6 is 0 Å². The van der Waals surface area contributed by atoms with E-state index in [1.54, 1.807) is 18.2 Å². The van der Waals surface area contributed by atoms with Crippen LogP contribution in [0.1, 0.15) is 17.2 Å². The Kier molecular flexibility index (Phi) is 3.78. The van der Waals surface area contributed by atoms with Crippen LogP contribution in [0.2, 0.25) is 0 Å². The first-order valence-electron chi connectivity index (χ1n) is 8.74. The third-order valence-electron chi connectivity index (χ3n) is 4.78. The number of nitrogens with one attached hydrogen (secondary N) is 2. The number of aromatic hydroxyl groups is 1. The molecule has 0 radical (unpaired) electrons. The molecule has 1 atom stereocenters. The van der Waals surface area contributed by atoms with E-state index in [4.69, 9.17) is 0 Å².